The average molecular weight is 369 g/mol. The molecule has 0 unspecified atom stereocenters. The molecule has 4 rings (SSSR count). The van der Waals surface area contributed by atoms with Crippen LogP contribution in [0, 0.1) is 6.92 Å². The topological polar surface area (TPSA) is 84.7 Å². The summed E-state index contributed by atoms with van der Waals surface area (Å²) < 4.78 is 11.5. The molecule has 2 atom stereocenters. The fourth-order valence-corrected chi connectivity index (χ4v) is 3.93. The Hall–Kier alpha value is -2.67. The van der Waals surface area contributed by atoms with Crippen molar-refractivity contribution in [2.24, 2.45) is 0 Å². The molecule has 142 valence electrons. The lowest BCUT2D eigenvalue weighted by molar-refractivity contribution is -0.0777. The van der Waals surface area contributed by atoms with Crippen molar-refractivity contribution in [3.05, 3.63) is 53.7 Å². The van der Waals surface area contributed by atoms with E-state index in [2.05, 4.69) is 10.3 Å². The van der Waals surface area contributed by atoms with Crippen LogP contribution in [0.3, 0.4) is 0 Å². The van der Waals surface area contributed by atoms with Gasteiger partial charge in [0.15, 0.2) is 5.76 Å². The number of carbonyl (C=O) groups is 2. The van der Waals surface area contributed by atoms with Crippen molar-refractivity contribution in [1.29, 1.82) is 0 Å². The molecular weight excluding hydrogens is 346 g/mol. The molecule has 2 aromatic heterocycles. The second-order valence-corrected chi connectivity index (χ2v) is 7.32. The van der Waals surface area contributed by atoms with E-state index < -0.39 is 5.60 Å². The van der Waals surface area contributed by atoms with Gasteiger partial charge in [0.25, 0.3) is 11.8 Å². The number of amides is 2. The second-order valence-electron chi connectivity index (χ2n) is 7.32. The Bertz CT molecular complexity index is 835. The zero-order valence-electron chi connectivity index (χ0n) is 15.3. The highest BCUT2D eigenvalue weighted by Crippen LogP contribution is 2.35. The summed E-state index contributed by atoms with van der Waals surface area (Å²) in [6, 6.07) is 6.93. The van der Waals surface area contributed by atoms with Gasteiger partial charge in [0.05, 0.1) is 12.1 Å². The lowest BCUT2D eigenvalue weighted by atomic mass is 9.89. The highest BCUT2D eigenvalue weighted by atomic mass is 16.5. The van der Waals surface area contributed by atoms with Crippen molar-refractivity contribution in [3.8, 4) is 0 Å². The van der Waals surface area contributed by atoms with Gasteiger partial charge in [0, 0.05) is 37.2 Å². The maximum absolute atomic E-state index is 12.6. The first-order valence-corrected chi connectivity index (χ1v) is 9.25. The molecule has 2 saturated heterocycles. The third-order valence-corrected chi connectivity index (χ3v) is 5.33. The summed E-state index contributed by atoms with van der Waals surface area (Å²) in [6.45, 7) is 3.54. The number of likely N-dealkylation sites (tertiary alicyclic amines) is 1. The first-order valence-electron chi connectivity index (χ1n) is 9.25. The fourth-order valence-electron chi connectivity index (χ4n) is 3.93. The van der Waals surface area contributed by atoms with Gasteiger partial charge in [-0.2, -0.15) is 0 Å². The number of nitrogens with zero attached hydrogens (tertiary/aromatic N) is 2. The molecule has 2 aliphatic rings. The number of nitrogens with one attached hydrogen (secondary N) is 1. The Labute approximate surface area is 157 Å². The average Bonchev–Trinajstić information content (AvgIpc) is 3.29. The van der Waals surface area contributed by atoms with Crippen molar-refractivity contribution in [1.82, 2.24) is 15.2 Å². The van der Waals surface area contributed by atoms with E-state index in [9.17, 15) is 9.59 Å². The number of ether oxygens (including phenoxy) is 1. The highest BCUT2D eigenvalue weighted by Gasteiger charge is 2.45. The highest BCUT2D eigenvalue weighted by molar-refractivity contribution is 5.94. The Morgan fingerprint density at radius 3 is 2.81 bits per heavy atom. The molecule has 2 amide bonds. The molecule has 27 heavy (non-hydrogen) atoms. The number of carbonyl (C=O) groups excluding carboxylic acids is 2. The van der Waals surface area contributed by atoms with Gasteiger partial charge in [-0.25, -0.2) is 0 Å². The standard InChI is InChI=1S/C20H23N3O4/c1-14-2-3-17(27-14)19(25)23-10-7-20(13-23)12-16(6-11-26-20)22-18(24)15-4-8-21-9-5-15/h2-5,8-9,16H,6-7,10-13H2,1H3,(H,22,24)/t16-,20+/m0/s1. The number of rotatable bonds is 3. The van der Waals surface area contributed by atoms with Crippen molar-refractivity contribution < 1.29 is 18.7 Å². The molecule has 2 aromatic rings. The minimum Gasteiger partial charge on any atom is -0.456 e. The predicted molar refractivity (Wildman–Crippen MR) is 97.4 cm³/mol. The largest absolute Gasteiger partial charge is 0.456 e. The first kappa shape index (κ1) is 17.7. The fraction of sp³-hybridized carbons (Fsp3) is 0.450. The normalized spacial score (nSPS) is 24.9. The molecule has 2 fully saturated rings. The smallest absolute Gasteiger partial charge is 0.289 e. The number of pyridine rings is 1. The first-order chi connectivity index (χ1) is 13.0. The van der Waals surface area contributed by atoms with E-state index in [1.165, 1.54) is 0 Å². The Balaban J connectivity index is 1.39. The van der Waals surface area contributed by atoms with E-state index in [1.807, 2.05) is 6.92 Å². The Morgan fingerprint density at radius 1 is 1.26 bits per heavy atom. The van der Waals surface area contributed by atoms with Crippen LogP contribution in [-0.4, -0.2) is 53.0 Å². The zero-order chi connectivity index (χ0) is 18.9. The van der Waals surface area contributed by atoms with Gasteiger partial charge < -0.3 is 19.4 Å². The molecule has 0 radical (unpaired) electrons. The number of hydrogen-bond acceptors (Lipinski definition) is 5. The van der Waals surface area contributed by atoms with Crippen LogP contribution < -0.4 is 5.32 Å². The van der Waals surface area contributed by atoms with Gasteiger partial charge in [0.2, 0.25) is 0 Å². The third kappa shape index (κ3) is 3.73. The van der Waals surface area contributed by atoms with E-state index in [-0.39, 0.29) is 17.9 Å². The maximum atomic E-state index is 12.6. The van der Waals surface area contributed by atoms with Gasteiger partial charge in [-0.1, -0.05) is 0 Å². The minimum absolute atomic E-state index is 0.0281. The van der Waals surface area contributed by atoms with Gasteiger partial charge in [0.1, 0.15) is 5.76 Å². The summed E-state index contributed by atoms with van der Waals surface area (Å²) in [5.41, 5.74) is 0.202. The van der Waals surface area contributed by atoms with Gasteiger partial charge in [-0.15, -0.1) is 0 Å². The number of aryl methyl sites for hydroxylation is 1. The van der Waals surface area contributed by atoms with Crippen LogP contribution in [0.2, 0.25) is 0 Å². The van der Waals surface area contributed by atoms with E-state index in [4.69, 9.17) is 9.15 Å². The third-order valence-electron chi connectivity index (χ3n) is 5.33. The summed E-state index contributed by atoms with van der Waals surface area (Å²) in [5, 5.41) is 3.10. The molecule has 0 bridgehead atoms. The van der Waals surface area contributed by atoms with Crippen LogP contribution in [0.1, 0.15) is 45.9 Å². The summed E-state index contributed by atoms with van der Waals surface area (Å²) in [4.78, 5) is 30.8. The SMILES string of the molecule is Cc1ccc(C(=O)N2CC[C@@]3(C[C@@H](NC(=O)c4ccncc4)CCO3)C2)o1. The van der Waals surface area contributed by atoms with E-state index in [0.717, 1.165) is 18.6 Å². The van der Waals surface area contributed by atoms with Crippen LogP contribution in [0.4, 0.5) is 0 Å². The number of furan rings is 1. The molecule has 1 spiro atoms. The molecule has 4 heterocycles. The summed E-state index contributed by atoms with van der Waals surface area (Å²) in [5.74, 6) is 0.880. The number of hydrogen-bond donors (Lipinski definition) is 1. The summed E-state index contributed by atoms with van der Waals surface area (Å²) in [6.07, 6.45) is 5.45. The maximum Gasteiger partial charge on any atom is 0.289 e. The van der Waals surface area contributed by atoms with Crippen LogP contribution in [0.5, 0.6) is 0 Å². The van der Waals surface area contributed by atoms with Crippen LogP contribution in [-0.2, 0) is 4.74 Å². The number of aromatic nitrogens is 1. The predicted octanol–water partition coefficient (Wildman–Crippen LogP) is 2.18. The molecule has 0 aliphatic carbocycles. The molecular formula is C20H23N3O4. The lowest BCUT2D eigenvalue weighted by Crippen LogP contribution is -2.50. The molecule has 7 nitrogen and oxygen atoms in total. The molecule has 0 aromatic carbocycles. The van der Waals surface area contributed by atoms with E-state index >= 15 is 0 Å². The van der Waals surface area contributed by atoms with Gasteiger partial charge >= 0.3 is 0 Å². The lowest BCUT2D eigenvalue weighted by Gasteiger charge is -2.38. The summed E-state index contributed by atoms with van der Waals surface area (Å²) in [7, 11) is 0. The summed E-state index contributed by atoms with van der Waals surface area (Å²) >= 11 is 0. The van der Waals surface area contributed by atoms with E-state index in [0.29, 0.717) is 37.4 Å². The quantitative estimate of drug-likeness (QED) is 0.896. The van der Waals surface area contributed by atoms with Gasteiger partial charge in [-0.3, -0.25) is 14.6 Å². The minimum atomic E-state index is -0.397. The van der Waals surface area contributed by atoms with Crippen LogP contribution in [0.15, 0.2) is 41.1 Å². The van der Waals surface area contributed by atoms with Crippen LogP contribution in [0.25, 0.3) is 0 Å². The van der Waals surface area contributed by atoms with Crippen LogP contribution >= 0.6 is 0 Å². The van der Waals surface area contributed by atoms with Crippen molar-refractivity contribution in [2.45, 2.75) is 37.8 Å². The second kappa shape index (κ2) is 7.15. The van der Waals surface area contributed by atoms with E-state index in [1.54, 1.807) is 41.6 Å². The van der Waals surface area contributed by atoms with Crippen molar-refractivity contribution >= 4 is 11.8 Å². The van der Waals surface area contributed by atoms with Crippen molar-refractivity contribution in [2.75, 3.05) is 19.7 Å². The molecule has 7 heteroatoms. The molecule has 1 N–H and O–H groups in total. The monoisotopic (exact) mass is 369 g/mol. The molecule has 2 aliphatic heterocycles. The Kier molecular flexibility index (Phi) is 4.70. The molecule has 0 saturated carbocycles. The zero-order valence-corrected chi connectivity index (χ0v) is 15.3. The van der Waals surface area contributed by atoms with Crippen molar-refractivity contribution in [3.63, 3.8) is 0 Å². The Morgan fingerprint density at radius 2 is 2.07 bits per heavy atom. The van der Waals surface area contributed by atoms with Gasteiger partial charge in [-0.05, 0) is 50.5 Å².